The van der Waals surface area contributed by atoms with Gasteiger partial charge in [0.2, 0.25) is 0 Å². The minimum atomic E-state index is -0.322. The van der Waals surface area contributed by atoms with Crippen molar-refractivity contribution >= 4 is 11.4 Å². The summed E-state index contributed by atoms with van der Waals surface area (Å²) in [6.45, 7) is 0. The molecule has 0 radical (unpaired) electrons. The van der Waals surface area contributed by atoms with Gasteiger partial charge in [0.05, 0.1) is 16.8 Å². The Morgan fingerprint density at radius 3 is 1.47 bits per heavy atom. The Balaban J connectivity index is 1.35. The van der Waals surface area contributed by atoms with Gasteiger partial charge >= 0.3 is 0 Å². The lowest BCUT2D eigenvalue weighted by Crippen LogP contribution is -2.26. The molecule has 0 amide bonds. The van der Waals surface area contributed by atoms with E-state index in [4.69, 9.17) is 0 Å². The largest absolute Gasteiger partial charge is 0.154 e. The van der Waals surface area contributed by atoms with Crippen molar-refractivity contribution in [3.63, 3.8) is 0 Å². The molecule has 2 nitrogen and oxygen atoms in total. The van der Waals surface area contributed by atoms with Crippen molar-refractivity contribution in [3.05, 3.63) is 155 Å². The molecule has 1 spiro atoms. The monoisotopic (exact) mass is 458 g/mol. The van der Waals surface area contributed by atoms with Gasteiger partial charge in [0.25, 0.3) is 0 Å². The molecule has 0 bridgehead atoms. The molecule has 168 valence electrons. The molecular weight excluding hydrogens is 436 g/mol. The van der Waals surface area contributed by atoms with Crippen LogP contribution in [0.25, 0.3) is 22.3 Å². The second-order valence-corrected chi connectivity index (χ2v) is 9.78. The van der Waals surface area contributed by atoms with E-state index in [1.54, 1.807) is 0 Å². The van der Waals surface area contributed by atoms with Crippen LogP contribution in [0.5, 0.6) is 0 Å². The molecule has 8 rings (SSSR count). The Morgan fingerprint density at radius 2 is 0.889 bits per heavy atom. The van der Waals surface area contributed by atoms with Crippen LogP contribution in [0.1, 0.15) is 39.8 Å². The minimum Gasteiger partial charge on any atom is -0.154 e. The summed E-state index contributed by atoms with van der Waals surface area (Å²) in [7, 11) is 0. The third-order valence-electron chi connectivity index (χ3n) is 8.06. The molecule has 0 fully saturated rings. The van der Waals surface area contributed by atoms with Crippen LogP contribution >= 0.6 is 0 Å². The van der Waals surface area contributed by atoms with Gasteiger partial charge in [0, 0.05) is 6.42 Å². The lowest BCUT2D eigenvalue weighted by atomic mass is 9.70. The standard InChI is InChI=1S/C34H22N2/c1-2-10-22(11-3-1)32-21-33(36-35-32)23-18-19-27-26-14-6-9-17-30(26)34(31(27)20-23)28-15-7-4-12-24(28)25-13-5-8-16-29(25)34/h1-20H,21H2. The molecule has 1 heterocycles. The lowest BCUT2D eigenvalue weighted by Gasteiger charge is -2.30. The average molecular weight is 459 g/mol. The zero-order valence-electron chi connectivity index (χ0n) is 19.6. The summed E-state index contributed by atoms with van der Waals surface area (Å²) in [6.07, 6.45) is 0.746. The molecule has 3 aliphatic rings. The SMILES string of the molecule is c1ccc(C2=NN=C(c3ccc4c(c3)C3(c5ccccc5-c5ccccc53)c3ccccc3-4)C2)cc1. The first kappa shape index (κ1) is 19.7. The third kappa shape index (κ3) is 2.46. The van der Waals surface area contributed by atoms with Crippen LogP contribution in [0, 0.1) is 0 Å². The summed E-state index contributed by atoms with van der Waals surface area (Å²) >= 11 is 0. The van der Waals surface area contributed by atoms with Crippen molar-refractivity contribution in [3.8, 4) is 22.3 Å². The normalized spacial score (nSPS) is 15.7. The fraction of sp³-hybridized carbons (Fsp3) is 0.0588. The van der Waals surface area contributed by atoms with E-state index >= 15 is 0 Å². The predicted octanol–water partition coefficient (Wildman–Crippen LogP) is 7.63. The second kappa shape index (κ2) is 7.22. The molecule has 0 N–H and O–H groups in total. The first-order valence-corrected chi connectivity index (χ1v) is 12.5. The minimum absolute atomic E-state index is 0.322. The molecule has 5 aromatic rings. The van der Waals surface area contributed by atoms with E-state index in [-0.39, 0.29) is 5.41 Å². The smallest absolute Gasteiger partial charge is 0.0763 e. The van der Waals surface area contributed by atoms with Crippen LogP contribution < -0.4 is 0 Å². The van der Waals surface area contributed by atoms with Crippen LogP contribution in [0.4, 0.5) is 0 Å². The molecule has 36 heavy (non-hydrogen) atoms. The van der Waals surface area contributed by atoms with Crippen LogP contribution in [-0.2, 0) is 5.41 Å². The fourth-order valence-electron chi connectivity index (χ4n) is 6.57. The van der Waals surface area contributed by atoms with Gasteiger partial charge < -0.3 is 0 Å². The summed E-state index contributed by atoms with van der Waals surface area (Å²) < 4.78 is 0. The zero-order valence-corrected chi connectivity index (χ0v) is 19.6. The van der Waals surface area contributed by atoms with Crippen molar-refractivity contribution in [1.29, 1.82) is 0 Å². The number of benzene rings is 5. The summed E-state index contributed by atoms with van der Waals surface area (Å²) in [5.74, 6) is 0. The van der Waals surface area contributed by atoms with Crippen molar-refractivity contribution in [2.45, 2.75) is 11.8 Å². The molecule has 0 unspecified atom stereocenters. The van der Waals surface area contributed by atoms with Crippen molar-refractivity contribution < 1.29 is 0 Å². The Kier molecular flexibility index (Phi) is 3.96. The van der Waals surface area contributed by atoms with Gasteiger partial charge in [-0.2, -0.15) is 10.2 Å². The maximum absolute atomic E-state index is 4.65. The zero-order chi connectivity index (χ0) is 23.7. The predicted molar refractivity (Wildman–Crippen MR) is 147 cm³/mol. The van der Waals surface area contributed by atoms with Gasteiger partial charge in [-0.1, -0.05) is 115 Å². The summed E-state index contributed by atoms with van der Waals surface area (Å²) in [4.78, 5) is 0. The first-order valence-electron chi connectivity index (χ1n) is 12.5. The van der Waals surface area contributed by atoms with Gasteiger partial charge in [0.15, 0.2) is 0 Å². The topological polar surface area (TPSA) is 24.7 Å². The summed E-state index contributed by atoms with van der Waals surface area (Å²) in [5, 5.41) is 9.21. The maximum Gasteiger partial charge on any atom is 0.0763 e. The summed E-state index contributed by atoms with van der Waals surface area (Å²) in [5.41, 5.74) is 14.7. The van der Waals surface area contributed by atoms with Crippen LogP contribution in [0.15, 0.2) is 132 Å². The first-order chi connectivity index (χ1) is 17.9. The molecule has 5 aromatic carbocycles. The lowest BCUT2D eigenvalue weighted by molar-refractivity contribution is 0.793. The fourth-order valence-corrected chi connectivity index (χ4v) is 6.57. The van der Waals surface area contributed by atoms with E-state index in [2.05, 4.69) is 125 Å². The van der Waals surface area contributed by atoms with Crippen molar-refractivity contribution in [2.24, 2.45) is 10.2 Å². The Hall–Kier alpha value is -4.56. The Morgan fingerprint density at radius 1 is 0.417 bits per heavy atom. The van der Waals surface area contributed by atoms with E-state index in [0.29, 0.717) is 0 Å². The quantitative estimate of drug-likeness (QED) is 0.254. The molecule has 0 aromatic heterocycles. The molecule has 0 saturated carbocycles. The maximum atomic E-state index is 4.65. The van der Waals surface area contributed by atoms with Crippen molar-refractivity contribution in [1.82, 2.24) is 0 Å². The van der Waals surface area contributed by atoms with E-state index in [0.717, 1.165) is 29.0 Å². The number of rotatable bonds is 2. The van der Waals surface area contributed by atoms with Gasteiger partial charge in [0.1, 0.15) is 0 Å². The van der Waals surface area contributed by atoms with Crippen LogP contribution in [0.2, 0.25) is 0 Å². The number of nitrogens with zero attached hydrogens (tertiary/aromatic N) is 2. The van der Waals surface area contributed by atoms with Crippen LogP contribution in [0.3, 0.4) is 0 Å². The Bertz CT molecular complexity index is 1690. The van der Waals surface area contributed by atoms with E-state index in [1.807, 2.05) is 6.07 Å². The number of hydrogen-bond acceptors (Lipinski definition) is 2. The number of hydrogen-bond donors (Lipinski definition) is 0. The molecular formula is C34H22N2. The number of fused-ring (bicyclic) bond motifs is 10. The highest BCUT2D eigenvalue weighted by molar-refractivity contribution is 6.20. The van der Waals surface area contributed by atoms with E-state index < -0.39 is 0 Å². The van der Waals surface area contributed by atoms with Crippen LogP contribution in [-0.4, -0.2) is 11.4 Å². The summed E-state index contributed by atoms with van der Waals surface area (Å²) in [6, 6.07) is 44.0. The van der Waals surface area contributed by atoms with Gasteiger partial charge in [-0.3, -0.25) is 0 Å². The molecule has 2 aliphatic carbocycles. The van der Waals surface area contributed by atoms with Gasteiger partial charge in [-0.05, 0) is 61.7 Å². The molecule has 0 atom stereocenters. The van der Waals surface area contributed by atoms with Crippen molar-refractivity contribution in [2.75, 3.05) is 0 Å². The average Bonchev–Trinajstić information content (AvgIpc) is 3.63. The Labute approximate surface area is 210 Å². The second-order valence-electron chi connectivity index (χ2n) is 9.78. The highest BCUT2D eigenvalue weighted by atomic mass is 15.2. The molecule has 0 saturated heterocycles. The van der Waals surface area contributed by atoms with Gasteiger partial charge in [-0.15, -0.1) is 0 Å². The molecule has 2 heteroatoms. The van der Waals surface area contributed by atoms with E-state index in [1.165, 1.54) is 44.5 Å². The highest BCUT2D eigenvalue weighted by Gasteiger charge is 2.51. The van der Waals surface area contributed by atoms with Gasteiger partial charge in [-0.25, -0.2) is 0 Å². The van der Waals surface area contributed by atoms with E-state index in [9.17, 15) is 0 Å². The molecule has 1 aliphatic heterocycles. The highest BCUT2D eigenvalue weighted by Crippen LogP contribution is 2.62. The third-order valence-corrected chi connectivity index (χ3v) is 8.06.